The van der Waals surface area contributed by atoms with Crippen molar-refractivity contribution in [3.05, 3.63) is 160 Å². The van der Waals surface area contributed by atoms with Crippen molar-refractivity contribution in [1.29, 1.82) is 0 Å². The topological polar surface area (TPSA) is 144 Å². The fourth-order valence-electron chi connectivity index (χ4n) is 5.21. The molecule has 0 bridgehead atoms. The van der Waals surface area contributed by atoms with Crippen molar-refractivity contribution < 1.29 is 29.2 Å². The Morgan fingerprint density at radius 2 is 1.11 bits per heavy atom. The number of hydrogen-bond acceptors (Lipinski definition) is 12. The number of anilines is 1. The van der Waals surface area contributed by atoms with Crippen LogP contribution in [0, 0.1) is 0 Å². The van der Waals surface area contributed by atoms with Gasteiger partial charge in [0, 0.05) is 7.05 Å². The maximum Gasteiger partial charge on any atom is 0.224 e. The molecule has 0 spiro atoms. The van der Waals surface area contributed by atoms with E-state index in [0.717, 1.165) is 33.8 Å². The lowest BCUT2D eigenvalue weighted by Crippen LogP contribution is -2.28. The molecule has 0 saturated carbocycles. The Balaban J connectivity index is 0.000000211. The SMILES string of the molecule is CN[C@H](CO)c1ccccc1.COc1ccc(COc2cnc(Cl)nc2Cl)cc1.COc1ccc(COc2cnc(Cl)nc2N(C)[C@H](CO)c2ccccc2)cc1. The van der Waals surface area contributed by atoms with Gasteiger partial charge in [0.2, 0.25) is 10.6 Å². The lowest BCUT2D eigenvalue weighted by molar-refractivity contribution is 0.251. The van der Waals surface area contributed by atoms with Crippen LogP contribution in [0.2, 0.25) is 15.7 Å². The van der Waals surface area contributed by atoms with E-state index < -0.39 is 0 Å². The molecule has 0 fully saturated rings. The summed E-state index contributed by atoms with van der Waals surface area (Å²) in [5.74, 6) is 2.98. The zero-order valence-electron chi connectivity index (χ0n) is 31.9. The molecule has 0 amide bonds. The molecule has 4 aromatic carbocycles. The summed E-state index contributed by atoms with van der Waals surface area (Å²) in [5, 5.41) is 22.3. The molecule has 0 saturated heterocycles. The number of methoxy groups -OCH3 is 2. The van der Waals surface area contributed by atoms with Crippen molar-refractivity contribution in [3.63, 3.8) is 0 Å². The predicted octanol–water partition coefficient (Wildman–Crippen LogP) is 8.20. The molecule has 12 nitrogen and oxygen atoms in total. The third-order valence-corrected chi connectivity index (χ3v) is 9.02. The van der Waals surface area contributed by atoms with Gasteiger partial charge in [0.1, 0.15) is 24.7 Å². The summed E-state index contributed by atoms with van der Waals surface area (Å²) in [4.78, 5) is 17.8. The number of ether oxygens (including phenoxy) is 4. The first kappa shape index (κ1) is 44.5. The van der Waals surface area contributed by atoms with E-state index in [1.165, 1.54) is 6.20 Å². The van der Waals surface area contributed by atoms with Crippen molar-refractivity contribution in [2.75, 3.05) is 46.4 Å². The largest absolute Gasteiger partial charge is 0.497 e. The number of nitrogens with zero attached hydrogens (tertiary/aromatic N) is 5. The Labute approximate surface area is 348 Å². The number of hydrogen-bond donors (Lipinski definition) is 3. The van der Waals surface area contributed by atoms with Crippen LogP contribution in [0.1, 0.15) is 34.3 Å². The molecule has 3 N–H and O–H groups in total. The van der Waals surface area contributed by atoms with Gasteiger partial charge in [-0.3, -0.25) is 0 Å². The summed E-state index contributed by atoms with van der Waals surface area (Å²) in [6.45, 7) is 0.764. The number of likely N-dealkylation sites (N-methyl/N-ethyl adjacent to an activating group) is 2. The second kappa shape index (κ2) is 23.8. The molecular weight excluding hydrogens is 791 g/mol. The fraction of sp³-hybridized carbons (Fsp3) is 0.238. The normalized spacial score (nSPS) is 11.5. The third kappa shape index (κ3) is 14.0. The summed E-state index contributed by atoms with van der Waals surface area (Å²) in [6.07, 6.45) is 2.99. The van der Waals surface area contributed by atoms with E-state index in [-0.39, 0.29) is 41.0 Å². The molecule has 0 aliphatic heterocycles. The highest BCUT2D eigenvalue weighted by Gasteiger charge is 2.22. The van der Waals surface area contributed by atoms with Crippen LogP contribution in [-0.2, 0) is 13.2 Å². The smallest absolute Gasteiger partial charge is 0.224 e. The average Bonchev–Trinajstić information content (AvgIpc) is 3.25. The van der Waals surface area contributed by atoms with Gasteiger partial charge in [-0.15, -0.1) is 0 Å². The highest BCUT2D eigenvalue weighted by molar-refractivity contribution is 6.32. The van der Waals surface area contributed by atoms with E-state index in [4.69, 9.17) is 58.9 Å². The van der Waals surface area contributed by atoms with E-state index in [1.54, 1.807) is 20.4 Å². The molecule has 15 heteroatoms. The molecule has 6 aromatic rings. The Morgan fingerprint density at radius 1 is 0.632 bits per heavy atom. The molecule has 57 heavy (non-hydrogen) atoms. The number of rotatable bonds is 15. The van der Waals surface area contributed by atoms with Crippen LogP contribution in [0.25, 0.3) is 0 Å². The summed E-state index contributed by atoms with van der Waals surface area (Å²) < 4.78 is 21.7. The Morgan fingerprint density at radius 3 is 1.56 bits per heavy atom. The summed E-state index contributed by atoms with van der Waals surface area (Å²) in [7, 11) is 6.93. The summed E-state index contributed by atoms with van der Waals surface area (Å²) >= 11 is 17.5. The van der Waals surface area contributed by atoms with Gasteiger partial charge >= 0.3 is 0 Å². The van der Waals surface area contributed by atoms with E-state index in [9.17, 15) is 5.11 Å². The average molecular weight is 836 g/mol. The zero-order chi connectivity index (χ0) is 41.0. The highest BCUT2D eigenvalue weighted by atomic mass is 35.5. The minimum Gasteiger partial charge on any atom is -0.497 e. The van der Waals surface area contributed by atoms with E-state index in [2.05, 4.69) is 25.3 Å². The number of nitrogens with one attached hydrogen (secondary N) is 1. The summed E-state index contributed by atoms with van der Waals surface area (Å²) in [6, 6.07) is 34.5. The van der Waals surface area contributed by atoms with Crippen molar-refractivity contribution in [1.82, 2.24) is 25.3 Å². The Kier molecular flexibility index (Phi) is 18.6. The molecule has 300 valence electrons. The Hall–Kier alpha value is -5.21. The van der Waals surface area contributed by atoms with Crippen LogP contribution >= 0.6 is 34.8 Å². The molecular formula is C42H45Cl3N6O6. The lowest BCUT2D eigenvalue weighted by Gasteiger charge is -2.29. The van der Waals surface area contributed by atoms with Crippen LogP contribution < -0.4 is 29.2 Å². The molecule has 2 atom stereocenters. The van der Waals surface area contributed by atoms with Gasteiger partial charge in [-0.1, -0.05) is 96.5 Å². The minimum absolute atomic E-state index is 0.0659. The van der Waals surface area contributed by atoms with Crippen molar-refractivity contribution in [2.24, 2.45) is 0 Å². The lowest BCUT2D eigenvalue weighted by atomic mass is 10.1. The molecule has 6 rings (SSSR count). The van der Waals surface area contributed by atoms with Crippen LogP contribution in [-0.4, -0.2) is 71.7 Å². The number of halogens is 3. The number of benzene rings is 4. The van der Waals surface area contributed by atoms with Crippen LogP contribution in [0.3, 0.4) is 0 Å². The van der Waals surface area contributed by atoms with Gasteiger partial charge < -0.3 is 39.4 Å². The van der Waals surface area contributed by atoms with Crippen LogP contribution in [0.4, 0.5) is 5.82 Å². The molecule has 2 aromatic heterocycles. The molecule has 2 heterocycles. The fourth-order valence-corrected chi connectivity index (χ4v) is 5.70. The first-order chi connectivity index (χ1) is 27.7. The monoisotopic (exact) mass is 834 g/mol. The van der Waals surface area contributed by atoms with E-state index in [1.807, 2.05) is 128 Å². The predicted molar refractivity (Wildman–Crippen MR) is 224 cm³/mol. The quantitative estimate of drug-likeness (QED) is 0.0678. The van der Waals surface area contributed by atoms with Crippen LogP contribution in [0.5, 0.6) is 23.0 Å². The second-order valence-corrected chi connectivity index (χ2v) is 13.1. The molecule has 0 unspecified atom stereocenters. The van der Waals surface area contributed by atoms with E-state index >= 15 is 0 Å². The van der Waals surface area contributed by atoms with Gasteiger partial charge in [0.15, 0.2) is 22.5 Å². The van der Waals surface area contributed by atoms with Crippen molar-refractivity contribution in [2.45, 2.75) is 25.3 Å². The molecule has 0 radical (unpaired) electrons. The number of aliphatic hydroxyl groups excluding tert-OH is 2. The zero-order valence-corrected chi connectivity index (χ0v) is 34.2. The van der Waals surface area contributed by atoms with Gasteiger partial charge in [0.25, 0.3) is 0 Å². The third-order valence-electron chi connectivity index (χ3n) is 8.39. The van der Waals surface area contributed by atoms with E-state index in [0.29, 0.717) is 30.5 Å². The first-order valence-corrected chi connectivity index (χ1v) is 18.8. The Bertz CT molecular complexity index is 2050. The number of aliphatic hydroxyl groups is 2. The molecule has 0 aliphatic rings. The maximum atomic E-state index is 9.96. The van der Waals surface area contributed by atoms with Crippen molar-refractivity contribution >= 4 is 40.6 Å². The van der Waals surface area contributed by atoms with Crippen LogP contribution in [0.15, 0.2) is 122 Å². The van der Waals surface area contributed by atoms with Gasteiger partial charge in [-0.2, -0.15) is 4.98 Å². The first-order valence-electron chi connectivity index (χ1n) is 17.6. The highest BCUT2D eigenvalue weighted by Crippen LogP contribution is 2.32. The second-order valence-electron chi connectivity index (χ2n) is 12.0. The molecule has 0 aliphatic carbocycles. The van der Waals surface area contributed by atoms with Gasteiger partial charge in [0.05, 0.1) is 51.9 Å². The van der Waals surface area contributed by atoms with Crippen molar-refractivity contribution in [3.8, 4) is 23.0 Å². The minimum atomic E-state index is -0.296. The maximum absolute atomic E-state index is 9.96. The van der Waals surface area contributed by atoms with Gasteiger partial charge in [-0.05, 0) is 76.8 Å². The number of aromatic nitrogens is 4. The summed E-state index contributed by atoms with van der Waals surface area (Å²) in [5.41, 5.74) is 4.05. The van der Waals surface area contributed by atoms with Gasteiger partial charge in [-0.25, -0.2) is 15.0 Å². The standard InChI is InChI=1S/C21H22ClN3O3.C12H10Cl2N2O2.C9H13NO/c1-25(18(13-26)16-6-4-3-5-7-16)20-19(12-23-21(22)24-20)28-14-15-8-10-17(27-2)11-9-15;1-17-9-4-2-8(3-5-9)7-18-10-6-15-12(14)16-11(10)13;1-10-9(7-11)8-5-3-2-4-6-8/h3-12,18,26H,13-14H2,1-2H3;2-6H,7H2,1H3;2-6,9-11H,7H2,1H3/t18-;;9-/m1.1/s1.